The van der Waals surface area contributed by atoms with Gasteiger partial charge in [0.05, 0.1) is 17.8 Å². The van der Waals surface area contributed by atoms with Crippen LogP contribution in [0.4, 0.5) is 0 Å². The molecule has 136 valence electrons. The van der Waals surface area contributed by atoms with E-state index in [1.165, 1.54) is 0 Å². The average molecular weight is 366 g/mol. The van der Waals surface area contributed by atoms with Crippen molar-refractivity contribution in [3.05, 3.63) is 78.2 Å². The van der Waals surface area contributed by atoms with Gasteiger partial charge in [-0.15, -0.1) is 5.10 Å². The number of hydrogen-bond acceptors (Lipinski definition) is 5. The smallest absolute Gasteiger partial charge is 0.179 e. The number of aryl methyl sites for hydroxylation is 1. The molecule has 0 radical (unpaired) electrons. The molecule has 0 unspecified atom stereocenters. The van der Waals surface area contributed by atoms with E-state index in [0.717, 1.165) is 51.0 Å². The third-order valence-corrected chi connectivity index (χ3v) is 4.84. The molecule has 5 aromatic rings. The lowest BCUT2D eigenvalue weighted by Crippen LogP contribution is -2.03. The predicted molar refractivity (Wildman–Crippen MR) is 109 cm³/mol. The van der Waals surface area contributed by atoms with Crippen LogP contribution in [0.3, 0.4) is 0 Å². The number of aromatic nitrogens is 6. The minimum Gasteiger partial charge on any atom is -0.261 e. The Morgan fingerprint density at radius 2 is 1.86 bits per heavy atom. The zero-order valence-corrected chi connectivity index (χ0v) is 15.4. The molecule has 0 fully saturated rings. The number of nitrogens with zero attached hydrogens (tertiary/aromatic N) is 6. The Balaban J connectivity index is 1.51. The van der Waals surface area contributed by atoms with Gasteiger partial charge < -0.3 is 0 Å². The topological polar surface area (TPSA) is 69.4 Å². The van der Waals surface area contributed by atoms with E-state index in [-0.39, 0.29) is 0 Å². The van der Waals surface area contributed by atoms with Gasteiger partial charge in [0.2, 0.25) is 0 Å². The number of fused-ring (bicyclic) bond motifs is 2. The van der Waals surface area contributed by atoms with E-state index in [1.54, 1.807) is 6.20 Å². The van der Waals surface area contributed by atoms with Crippen LogP contribution in [0.1, 0.15) is 18.2 Å². The fraction of sp³-hybridized carbons (Fsp3) is 0.136. The van der Waals surface area contributed by atoms with Crippen LogP contribution < -0.4 is 0 Å². The van der Waals surface area contributed by atoms with E-state index in [9.17, 15) is 0 Å². The summed E-state index contributed by atoms with van der Waals surface area (Å²) in [5.74, 6) is 0. The average Bonchev–Trinajstić information content (AvgIpc) is 3.16. The Hall–Kier alpha value is -3.67. The highest BCUT2D eigenvalue weighted by Gasteiger charge is 2.10. The van der Waals surface area contributed by atoms with Crippen LogP contribution in [0, 0.1) is 0 Å². The van der Waals surface area contributed by atoms with Gasteiger partial charge in [-0.25, -0.2) is 9.67 Å². The molecule has 0 aliphatic rings. The maximum atomic E-state index is 4.81. The summed E-state index contributed by atoms with van der Waals surface area (Å²) in [6, 6.07) is 18.3. The van der Waals surface area contributed by atoms with Crippen LogP contribution in [-0.4, -0.2) is 29.9 Å². The van der Waals surface area contributed by atoms with Gasteiger partial charge in [0.1, 0.15) is 5.52 Å². The molecule has 0 aliphatic carbocycles. The number of hydrogen-bond donors (Lipinski definition) is 0. The Morgan fingerprint density at radius 1 is 0.929 bits per heavy atom. The summed E-state index contributed by atoms with van der Waals surface area (Å²) in [5.41, 5.74) is 6.60. The first-order valence-corrected chi connectivity index (χ1v) is 9.29. The largest absolute Gasteiger partial charge is 0.261 e. The minimum absolute atomic E-state index is 0.602. The van der Waals surface area contributed by atoms with Crippen LogP contribution >= 0.6 is 0 Å². The van der Waals surface area contributed by atoms with E-state index in [4.69, 9.17) is 4.98 Å². The number of rotatable bonds is 4. The van der Waals surface area contributed by atoms with Gasteiger partial charge in [-0.05, 0) is 54.4 Å². The van der Waals surface area contributed by atoms with Crippen molar-refractivity contribution in [3.8, 4) is 11.3 Å². The second-order valence-corrected chi connectivity index (χ2v) is 6.71. The first-order valence-electron chi connectivity index (χ1n) is 9.29. The summed E-state index contributed by atoms with van der Waals surface area (Å²) < 4.78 is 1.84. The van der Waals surface area contributed by atoms with Crippen molar-refractivity contribution in [1.82, 2.24) is 29.9 Å². The highest BCUT2D eigenvalue weighted by molar-refractivity contribution is 5.79. The molecule has 0 saturated heterocycles. The molecule has 6 heteroatoms. The minimum atomic E-state index is 0.602. The van der Waals surface area contributed by atoms with E-state index >= 15 is 0 Å². The van der Waals surface area contributed by atoms with Crippen LogP contribution in [0.2, 0.25) is 0 Å². The van der Waals surface area contributed by atoms with Crippen molar-refractivity contribution in [2.45, 2.75) is 19.9 Å². The molecular formula is C22H18N6. The molecule has 0 bridgehead atoms. The predicted octanol–water partition coefficient (Wildman–Crippen LogP) is 4.05. The third-order valence-electron chi connectivity index (χ3n) is 4.84. The van der Waals surface area contributed by atoms with E-state index in [2.05, 4.69) is 51.5 Å². The fourth-order valence-corrected chi connectivity index (χ4v) is 3.30. The quantitative estimate of drug-likeness (QED) is 0.480. The van der Waals surface area contributed by atoms with Crippen LogP contribution in [0.15, 0.2) is 67.0 Å². The molecule has 0 saturated carbocycles. The van der Waals surface area contributed by atoms with E-state index < -0.39 is 0 Å². The molecular weight excluding hydrogens is 348 g/mol. The molecule has 28 heavy (non-hydrogen) atoms. The van der Waals surface area contributed by atoms with Crippen molar-refractivity contribution in [1.29, 1.82) is 0 Å². The molecule has 5 rings (SSSR count). The van der Waals surface area contributed by atoms with Crippen molar-refractivity contribution in [2.24, 2.45) is 0 Å². The summed E-state index contributed by atoms with van der Waals surface area (Å²) in [6.45, 7) is 2.70. The lowest BCUT2D eigenvalue weighted by Gasteiger charge is -2.06. The number of benzene rings is 1. The molecule has 0 aliphatic heterocycles. The summed E-state index contributed by atoms with van der Waals surface area (Å²) >= 11 is 0. The molecule has 4 aromatic heterocycles. The normalized spacial score (nSPS) is 11.3. The Labute approximate surface area is 161 Å². The second-order valence-electron chi connectivity index (χ2n) is 6.71. The van der Waals surface area contributed by atoms with Gasteiger partial charge in [-0.2, -0.15) is 0 Å². The maximum absolute atomic E-state index is 4.81. The van der Waals surface area contributed by atoms with Gasteiger partial charge in [0, 0.05) is 29.0 Å². The molecule has 0 amide bonds. The molecule has 0 N–H and O–H groups in total. The SMILES string of the molecule is CCc1ccc(-c2ccc3nnn(Cc4ccc5ncccc5c4)c3n2)cn1. The lowest BCUT2D eigenvalue weighted by atomic mass is 10.1. The molecule has 0 spiro atoms. The zero-order valence-electron chi connectivity index (χ0n) is 15.4. The van der Waals surface area contributed by atoms with Crippen LogP contribution in [0.5, 0.6) is 0 Å². The van der Waals surface area contributed by atoms with Gasteiger partial charge in [0.25, 0.3) is 0 Å². The van der Waals surface area contributed by atoms with Crippen LogP contribution in [0.25, 0.3) is 33.3 Å². The second kappa shape index (κ2) is 6.81. The highest BCUT2D eigenvalue weighted by atomic mass is 15.4. The van der Waals surface area contributed by atoms with E-state index in [1.807, 2.05) is 41.2 Å². The van der Waals surface area contributed by atoms with Crippen LogP contribution in [-0.2, 0) is 13.0 Å². The summed E-state index contributed by atoms with van der Waals surface area (Å²) in [5, 5.41) is 9.68. The van der Waals surface area contributed by atoms with Gasteiger partial charge >= 0.3 is 0 Å². The molecule has 1 aromatic carbocycles. The molecule has 0 atom stereocenters. The summed E-state index contributed by atoms with van der Waals surface area (Å²) in [7, 11) is 0. The van der Waals surface area contributed by atoms with Gasteiger partial charge in [-0.1, -0.05) is 24.3 Å². The standard InChI is InChI=1S/C22H18N6/c1-2-18-7-6-17(13-24-18)20-9-10-21-22(25-20)28(27-26-21)14-15-5-8-19-16(12-15)4-3-11-23-19/h3-13H,2,14H2,1H3. The summed E-state index contributed by atoms with van der Waals surface area (Å²) in [4.78, 5) is 13.7. The van der Waals surface area contributed by atoms with E-state index in [0.29, 0.717) is 6.54 Å². The Kier molecular flexibility index (Phi) is 4.01. The zero-order chi connectivity index (χ0) is 18.9. The van der Waals surface area contributed by atoms with Crippen molar-refractivity contribution in [2.75, 3.05) is 0 Å². The van der Waals surface area contributed by atoms with Crippen molar-refractivity contribution < 1.29 is 0 Å². The molecule has 6 nitrogen and oxygen atoms in total. The first kappa shape index (κ1) is 16.5. The summed E-state index contributed by atoms with van der Waals surface area (Å²) in [6.07, 6.45) is 4.60. The van der Waals surface area contributed by atoms with Crippen molar-refractivity contribution >= 4 is 22.1 Å². The highest BCUT2D eigenvalue weighted by Crippen LogP contribution is 2.21. The number of pyridine rings is 3. The van der Waals surface area contributed by atoms with Gasteiger partial charge in [-0.3, -0.25) is 9.97 Å². The Bertz CT molecular complexity index is 1270. The Morgan fingerprint density at radius 3 is 2.71 bits per heavy atom. The monoisotopic (exact) mass is 366 g/mol. The fourth-order valence-electron chi connectivity index (χ4n) is 3.30. The third kappa shape index (κ3) is 2.99. The maximum Gasteiger partial charge on any atom is 0.179 e. The molecule has 4 heterocycles. The lowest BCUT2D eigenvalue weighted by molar-refractivity contribution is 0.665. The first-order chi connectivity index (χ1) is 13.8. The van der Waals surface area contributed by atoms with Gasteiger partial charge in [0.15, 0.2) is 5.65 Å². The van der Waals surface area contributed by atoms with Crippen molar-refractivity contribution in [3.63, 3.8) is 0 Å².